The Kier molecular flexibility index (Phi) is 7.30. The molecular weight excluding hydrogens is 460 g/mol. The number of aromatic hydroxyl groups is 4. The van der Waals surface area contributed by atoms with E-state index in [0.29, 0.717) is 11.4 Å². The fourth-order valence-electron chi connectivity index (χ4n) is 5.24. The van der Waals surface area contributed by atoms with E-state index in [1.54, 1.807) is 0 Å². The van der Waals surface area contributed by atoms with Gasteiger partial charge in [0.1, 0.15) is 23.0 Å². The normalized spacial score (nSPS) is 13.9. The molecule has 196 valence electrons. The average molecular weight is 497 g/mol. The molecule has 2 aromatic rings. The Labute approximate surface area is 212 Å². The highest BCUT2D eigenvalue weighted by Gasteiger charge is 2.29. The molecule has 0 bridgehead atoms. The van der Waals surface area contributed by atoms with Gasteiger partial charge in [0.05, 0.1) is 11.1 Å². The van der Waals surface area contributed by atoms with Crippen LogP contribution in [0.4, 0.5) is 11.4 Å². The number of nitrogens with zero attached hydrogens (tertiary/aromatic N) is 2. The van der Waals surface area contributed by atoms with Crippen LogP contribution >= 0.6 is 0 Å². The Morgan fingerprint density at radius 1 is 0.500 bits per heavy atom. The Morgan fingerprint density at radius 2 is 0.722 bits per heavy atom. The number of allylic oxidation sites excluding steroid dienone is 2. The highest BCUT2D eigenvalue weighted by Crippen LogP contribution is 2.52. The zero-order valence-electron chi connectivity index (χ0n) is 22.1. The van der Waals surface area contributed by atoms with Crippen LogP contribution < -0.4 is 20.0 Å². The molecule has 0 radical (unpaired) electrons. The first-order valence-corrected chi connectivity index (χ1v) is 12.2. The third kappa shape index (κ3) is 4.47. The second kappa shape index (κ2) is 9.76. The molecule has 0 saturated carbocycles. The van der Waals surface area contributed by atoms with Crippen molar-refractivity contribution in [2.24, 2.45) is 0 Å². The maximum Gasteiger partial charge on any atom is 0.129 e. The van der Waals surface area contributed by atoms with Crippen molar-refractivity contribution in [2.75, 3.05) is 9.80 Å². The third-order valence-electron chi connectivity index (χ3n) is 6.39. The van der Waals surface area contributed by atoms with Crippen LogP contribution in [-0.4, -0.2) is 44.6 Å². The molecule has 1 aliphatic rings. The van der Waals surface area contributed by atoms with Crippen molar-refractivity contribution in [1.82, 2.24) is 0 Å². The van der Waals surface area contributed by atoms with Gasteiger partial charge in [-0.05, 0) is 66.5 Å². The van der Waals surface area contributed by atoms with E-state index in [1.807, 2.05) is 65.2 Å². The quantitative estimate of drug-likeness (QED) is 0.436. The summed E-state index contributed by atoms with van der Waals surface area (Å²) in [6, 6.07) is 5.95. The van der Waals surface area contributed by atoms with E-state index in [0.717, 1.165) is 0 Å². The predicted octanol–water partition coefficient (Wildman–Crippen LogP) is 3.61. The fraction of sp³-hybridized carbons (Fsp3) is 0.429. The first-order valence-electron chi connectivity index (χ1n) is 12.2. The van der Waals surface area contributed by atoms with E-state index in [-0.39, 0.29) is 46.4 Å². The summed E-state index contributed by atoms with van der Waals surface area (Å²) in [6.45, 7) is 15.8. The molecule has 0 heterocycles. The first kappa shape index (κ1) is 26.9. The summed E-state index contributed by atoms with van der Waals surface area (Å²) in [5.74, 6) is -3.15. The van der Waals surface area contributed by atoms with Gasteiger partial charge in [-0.25, -0.2) is 0 Å². The molecule has 0 fully saturated rings. The molecule has 0 aromatic heterocycles. The van der Waals surface area contributed by atoms with Gasteiger partial charge >= 0.3 is 0 Å². The average Bonchev–Trinajstić information content (AvgIpc) is 2.72. The second-order valence-electron chi connectivity index (χ2n) is 10.3. The molecule has 2 aromatic carbocycles. The lowest BCUT2D eigenvalue weighted by molar-refractivity contribution is -0.316. The third-order valence-corrected chi connectivity index (χ3v) is 6.39. The lowest BCUT2D eigenvalue weighted by Crippen LogP contribution is -2.37. The molecule has 0 amide bonds. The second-order valence-corrected chi connectivity index (χ2v) is 10.3. The summed E-state index contributed by atoms with van der Waals surface area (Å²) in [5, 5.41) is 69.0. The smallest absolute Gasteiger partial charge is 0.129 e. The van der Waals surface area contributed by atoms with E-state index >= 15 is 0 Å². The lowest BCUT2D eigenvalue weighted by atomic mass is 9.83. The Morgan fingerprint density at radius 3 is 0.917 bits per heavy atom. The number of rotatable bonds is 8. The molecule has 36 heavy (non-hydrogen) atoms. The van der Waals surface area contributed by atoms with E-state index in [2.05, 4.69) is 0 Å². The number of benzene rings is 2. The van der Waals surface area contributed by atoms with Crippen LogP contribution in [0.5, 0.6) is 23.0 Å². The van der Waals surface area contributed by atoms with E-state index in [9.17, 15) is 30.6 Å². The minimum absolute atomic E-state index is 0.0745. The molecule has 0 unspecified atom stereocenters. The summed E-state index contributed by atoms with van der Waals surface area (Å²) in [4.78, 5) is 3.95. The maximum absolute atomic E-state index is 13.1. The van der Waals surface area contributed by atoms with Crippen LogP contribution in [0.1, 0.15) is 66.5 Å². The van der Waals surface area contributed by atoms with Crippen molar-refractivity contribution < 1.29 is 30.6 Å². The standard InChI is InChI=1S/C28H38N2O6/c1-13(2)29(14(3)4)17-9-19(31)23(20(32)10-17)25-27(35)26(28(25)36)24-21(33)11-18(12-22(24)34)30(15(5)6)16(7)8/h9-16,31-36H,1-8H3/p-2. The molecule has 8 nitrogen and oxygen atoms in total. The largest absolute Gasteiger partial charge is 0.872 e. The monoisotopic (exact) mass is 496 g/mol. The Bertz CT molecular complexity index is 1060. The molecule has 0 aliphatic heterocycles. The predicted molar refractivity (Wildman–Crippen MR) is 139 cm³/mol. The van der Waals surface area contributed by atoms with Gasteiger partial charge in [-0.1, -0.05) is 11.5 Å². The van der Waals surface area contributed by atoms with Crippen molar-refractivity contribution in [2.45, 2.75) is 79.6 Å². The minimum atomic E-state index is -0.772. The summed E-state index contributed by atoms with van der Waals surface area (Å²) < 4.78 is 0. The number of hydrogen-bond donors (Lipinski definition) is 4. The van der Waals surface area contributed by atoms with Crippen molar-refractivity contribution >= 4 is 22.5 Å². The van der Waals surface area contributed by atoms with Crippen LogP contribution in [0.2, 0.25) is 0 Å². The molecular formula is C28H36N2O6-2. The summed E-state index contributed by atoms with van der Waals surface area (Å²) >= 11 is 0. The van der Waals surface area contributed by atoms with Crippen LogP contribution in [0.15, 0.2) is 35.8 Å². The number of phenolic OH excluding ortho intramolecular Hbond substituents is 4. The van der Waals surface area contributed by atoms with E-state index in [1.165, 1.54) is 24.3 Å². The van der Waals surface area contributed by atoms with E-state index in [4.69, 9.17) is 0 Å². The van der Waals surface area contributed by atoms with Gasteiger partial charge in [0.2, 0.25) is 0 Å². The van der Waals surface area contributed by atoms with Gasteiger partial charge < -0.3 is 40.4 Å². The summed E-state index contributed by atoms with van der Waals surface area (Å²) in [7, 11) is 0. The highest BCUT2D eigenvalue weighted by molar-refractivity contribution is 6.09. The van der Waals surface area contributed by atoms with Crippen LogP contribution in [-0.2, 0) is 0 Å². The van der Waals surface area contributed by atoms with Gasteiger partial charge in [-0.3, -0.25) is 0 Å². The van der Waals surface area contributed by atoms with Gasteiger partial charge in [0.15, 0.2) is 0 Å². The van der Waals surface area contributed by atoms with E-state index < -0.39 is 34.5 Å². The van der Waals surface area contributed by atoms with Crippen LogP contribution in [0.3, 0.4) is 0 Å². The summed E-state index contributed by atoms with van der Waals surface area (Å²) in [5.41, 5.74) is -0.193. The van der Waals surface area contributed by atoms with Crippen LogP contribution in [0, 0.1) is 0 Å². The van der Waals surface area contributed by atoms with Crippen molar-refractivity contribution in [3.8, 4) is 23.0 Å². The number of phenols is 4. The Balaban J connectivity index is 2.06. The van der Waals surface area contributed by atoms with Gasteiger partial charge in [0.25, 0.3) is 0 Å². The van der Waals surface area contributed by atoms with Gasteiger partial charge in [-0.15, -0.1) is 0 Å². The topological polar surface area (TPSA) is 134 Å². The Hall–Kier alpha value is -3.68. The van der Waals surface area contributed by atoms with Crippen molar-refractivity contribution in [3.05, 3.63) is 46.9 Å². The highest BCUT2D eigenvalue weighted by atomic mass is 16.3. The van der Waals surface area contributed by atoms with Crippen molar-refractivity contribution in [3.63, 3.8) is 0 Å². The summed E-state index contributed by atoms with van der Waals surface area (Å²) in [6.07, 6.45) is 0. The fourth-order valence-corrected chi connectivity index (χ4v) is 5.24. The molecule has 3 rings (SSSR count). The SMILES string of the molecule is CC(C)N(c1cc(O)c(C2=C([O-])C(c3c(O)cc(N(C(C)C)C(C)C)cc3O)=C2[O-])c(O)c1)C(C)C. The van der Waals surface area contributed by atoms with Gasteiger partial charge in [-0.2, -0.15) is 0 Å². The van der Waals surface area contributed by atoms with Crippen LogP contribution in [0.25, 0.3) is 11.1 Å². The minimum Gasteiger partial charge on any atom is -0.872 e. The van der Waals surface area contributed by atoms with Crippen molar-refractivity contribution in [1.29, 1.82) is 0 Å². The maximum atomic E-state index is 13.1. The zero-order chi connectivity index (χ0) is 27.2. The molecule has 0 spiro atoms. The number of hydrogen-bond acceptors (Lipinski definition) is 8. The lowest BCUT2D eigenvalue weighted by Gasteiger charge is -2.41. The molecule has 0 atom stereocenters. The molecule has 1 aliphatic carbocycles. The zero-order valence-corrected chi connectivity index (χ0v) is 22.1. The first-order chi connectivity index (χ1) is 16.7. The number of anilines is 2. The molecule has 8 heteroatoms. The van der Waals surface area contributed by atoms with Gasteiger partial charge in [0, 0.05) is 59.8 Å². The molecule has 4 N–H and O–H groups in total. The molecule has 0 saturated heterocycles.